The molecule has 1 fully saturated rings. The Balaban J connectivity index is 1.76. The van der Waals surface area contributed by atoms with Gasteiger partial charge in [0, 0.05) is 16.9 Å². The van der Waals surface area contributed by atoms with Crippen molar-refractivity contribution < 1.29 is 14.7 Å². The number of carbonyl (C=O) groups is 2. The number of benzene rings is 1. The van der Waals surface area contributed by atoms with Gasteiger partial charge in [0.2, 0.25) is 0 Å². The van der Waals surface area contributed by atoms with Crippen LogP contribution in [0.15, 0.2) is 18.2 Å². The highest BCUT2D eigenvalue weighted by Crippen LogP contribution is 2.26. The van der Waals surface area contributed by atoms with Gasteiger partial charge in [-0.15, -0.1) is 0 Å². The zero-order valence-electron chi connectivity index (χ0n) is 12.8. The molecule has 2 aromatic rings. The Labute approximate surface area is 128 Å². The average molecular weight is 300 g/mol. The minimum Gasteiger partial charge on any atom is -0.481 e. The first-order valence-electron chi connectivity index (χ1n) is 7.58. The topological polar surface area (TPSA) is 82.2 Å². The number of H-pyrrole nitrogens is 1. The molecule has 1 aliphatic rings. The summed E-state index contributed by atoms with van der Waals surface area (Å²) in [6, 6.07) is 5.83. The number of hydrogen-bond donors (Lipinski definition) is 3. The van der Waals surface area contributed by atoms with Crippen LogP contribution in [0.25, 0.3) is 10.9 Å². The molecule has 1 heterocycles. The van der Waals surface area contributed by atoms with E-state index in [0.717, 1.165) is 17.3 Å². The summed E-state index contributed by atoms with van der Waals surface area (Å²) in [5, 5.41) is 13.0. The molecule has 1 aliphatic carbocycles. The number of carboxylic acids is 1. The van der Waals surface area contributed by atoms with Crippen molar-refractivity contribution in [3.8, 4) is 0 Å². The van der Waals surface area contributed by atoms with Gasteiger partial charge >= 0.3 is 5.97 Å². The highest BCUT2D eigenvalue weighted by atomic mass is 16.4. The molecule has 3 rings (SSSR count). The predicted molar refractivity (Wildman–Crippen MR) is 84.0 cm³/mol. The molecule has 2 atom stereocenters. The minimum absolute atomic E-state index is 0.0529. The lowest BCUT2D eigenvalue weighted by molar-refractivity contribution is -0.141. The summed E-state index contributed by atoms with van der Waals surface area (Å²) in [4.78, 5) is 26.5. The van der Waals surface area contributed by atoms with Crippen molar-refractivity contribution in [2.45, 2.75) is 39.2 Å². The molecule has 0 unspecified atom stereocenters. The van der Waals surface area contributed by atoms with Crippen LogP contribution in [0.3, 0.4) is 0 Å². The number of rotatable bonds is 3. The number of aliphatic carboxylic acids is 1. The van der Waals surface area contributed by atoms with E-state index >= 15 is 0 Å². The maximum absolute atomic E-state index is 12.4. The molecule has 116 valence electrons. The molecular weight excluding hydrogens is 280 g/mol. The van der Waals surface area contributed by atoms with Crippen LogP contribution in [0.5, 0.6) is 0 Å². The Morgan fingerprint density at radius 3 is 2.73 bits per heavy atom. The van der Waals surface area contributed by atoms with Gasteiger partial charge in [0.15, 0.2) is 0 Å². The fraction of sp³-hybridized carbons (Fsp3) is 0.412. The number of aryl methyl sites for hydroxylation is 2. The smallest absolute Gasteiger partial charge is 0.306 e. The fourth-order valence-corrected chi connectivity index (χ4v) is 3.18. The molecule has 1 saturated carbocycles. The van der Waals surface area contributed by atoms with E-state index in [-0.39, 0.29) is 17.9 Å². The number of aromatic nitrogens is 1. The molecule has 0 aliphatic heterocycles. The van der Waals surface area contributed by atoms with E-state index in [9.17, 15) is 9.59 Å². The first-order valence-corrected chi connectivity index (χ1v) is 7.58. The third-order valence-electron chi connectivity index (χ3n) is 4.71. The van der Waals surface area contributed by atoms with E-state index in [4.69, 9.17) is 5.11 Å². The maximum atomic E-state index is 12.4. The van der Waals surface area contributed by atoms with Crippen LogP contribution in [-0.4, -0.2) is 28.0 Å². The van der Waals surface area contributed by atoms with Crippen molar-refractivity contribution in [1.82, 2.24) is 10.3 Å². The molecule has 1 aromatic heterocycles. The quantitative estimate of drug-likeness (QED) is 0.815. The van der Waals surface area contributed by atoms with Gasteiger partial charge in [-0.1, -0.05) is 6.07 Å². The van der Waals surface area contributed by atoms with Gasteiger partial charge in [-0.3, -0.25) is 9.59 Å². The Hall–Kier alpha value is -2.30. The summed E-state index contributed by atoms with van der Waals surface area (Å²) in [6.07, 6.45) is 1.87. The number of fused-ring (bicyclic) bond motifs is 1. The van der Waals surface area contributed by atoms with Crippen LogP contribution in [0.1, 0.15) is 40.9 Å². The van der Waals surface area contributed by atoms with Crippen molar-refractivity contribution in [3.05, 3.63) is 35.0 Å². The van der Waals surface area contributed by atoms with Gasteiger partial charge < -0.3 is 15.4 Å². The van der Waals surface area contributed by atoms with E-state index in [1.807, 2.05) is 32.0 Å². The van der Waals surface area contributed by atoms with Crippen molar-refractivity contribution >= 4 is 22.8 Å². The molecule has 0 saturated heterocycles. The van der Waals surface area contributed by atoms with E-state index in [1.54, 1.807) is 0 Å². The van der Waals surface area contributed by atoms with Gasteiger partial charge in [0.05, 0.1) is 5.92 Å². The predicted octanol–water partition coefficient (Wildman–Crippen LogP) is 2.77. The summed E-state index contributed by atoms with van der Waals surface area (Å²) in [5.41, 5.74) is 3.84. The lowest BCUT2D eigenvalue weighted by Gasteiger charge is -2.11. The van der Waals surface area contributed by atoms with Gasteiger partial charge in [-0.25, -0.2) is 0 Å². The summed E-state index contributed by atoms with van der Waals surface area (Å²) >= 11 is 0. The van der Waals surface area contributed by atoms with Crippen LogP contribution >= 0.6 is 0 Å². The van der Waals surface area contributed by atoms with E-state index in [1.165, 1.54) is 11.1 Å². The van der Waals surface area contributed by atoms with Crippen molar-refractivity contribution in [1.29, 1.82) is 0 Å². The van der Waals surface area contributed by atoms with Crippen molar-refractivity contribution in [3.63, 3.8) is 0 Å². The van der Waals surface area contributed by atoms with E-state index in [2.05, 4.69) is 10.3 Å². The third kappa shape index (κ3) is 2.58. The van der Waals surface area contributed by atoms with E-state index < -0.39 is 5.97 Å². The number of aromatic amines is 1. The van der Waals surface area contributed by atoms with Crippen LogP contribution < -0.4 is 5.32 Å². The zero-order valence-corrected chi connectivity index (χ0v) is 12.8. The van der Waals surface area contributed by atoms with Crippen molar-refractivity contribution in [2.75, 3.05) is 0 Å². The standard InChI is InChI=1S/C17H20N2O3/c1-9-3-6-14-13(10(9)2)8-15(19-14)16(20)18-12-5-4-11(7-12)17(21)22/h3,6,8,11-12,19H,4-5,7H2,1-2H3,(H,18,20)(H,21,22)/t11-,12-/m0/s1. The number of carboxylic acid groups (broad SMARTS) is 1. The Bertz CT molecular complexity index is 748. The molecule has 0 radical (unpaired) electrons. The molecule has 0 bridgehead atoms. The number of hydrogen-bond acceptors (Lipinski definition) is 2. The monoisotopic (exact) mass is 300 g/mol. The maximum Gasteiger partial charge on any atom is 0.306 e. The Morgan fingerprint density at radius 2 is 2.05 bits per heavy atom. The van der Waals surface area contributed by atoms with Crippen LogP contribution in [-0.2, 0) is 4.79 Å². The largest absolute Gasteiger partial charge is 0.481 e. The summed E-state index contributed by atoms with van der Waals surface area (Å²) in [5.74, 6) is -1.27. The lowest BCUT2D eigenvalue weighted by atomic mass is 10.1. The summed E-state index contributed by atoms with van der Waals surface area (Å²) in [6.45, 7) is 4.09. The summed E-state index contributed by atoms with van der Waals surface area (Å²) < 4.78 is 0. The third-order valence-corrected chi connectivity index (χ3v) is 4.71. The Kier molecular flexibility index (Phi) is 3.64. The molecule has 3 N–H and O–H groups in total. The lowest BCUT2D eigenvalue weighted by Crippen LogP contribution is -2.33. The number of nitrogens with one attached hydrogen (secondary N) is 2. The number of amides is 1. The summed E-state index contributed by atoms with van der Waals surface area (Å²) in [7, 11) is 0. The molecule has 5 heteroatoms. The second kappa shape index (κ2) is 5.48. The molecule has 22 heavy (non-hydrogen) atoms. The number of carbonyl (C=O) groups excluding carboxylic acids is 1. The first kappa shape index (κ1) is 14.6. The van der Waals surface area contributed by atoms with Crippen molar-refractivity contribution in [2.24, 2.45) is 5.92 Å². The average Bonchev–Trinajstić information content (AvgIpc) is 3.09. The van der Waals surface area contributed by atoms with Crippen LogP contribution in [0, 0.1) is 19.8 Å². The SMILES string of the molecule is Cc1ccc2[nH]c(C(=O)N[C@H]3CC[C@H](C(=O)O)C3)cc2c1C. The van der Waals surface area contributed by atoms with Crippen LogP contribution in [0.4, 0.5) is 0 Å². The van der Waals surface area contributed by atoms with Gasteiger partial charge in [-0.05, 0) is 56.4 Å². The highest BCUT2D eigenvalue weighted by molar-refractivity contribution is 5.99. The molecular formula is C17H20N2O3. The van der Waals surface area contributed by atoms with E-state index in [0.29, 0.717) is 18.5 Å². The molecule has 0 spiro atoms. The minimum atomic E-state index is -0.770. The molecule has 1 amide bonds. The van der Waals surface area contributed by atoms with Gasteiger partial charge in [0.25, 0.3) is 5.91 Å². The van der Waals surface area contributed by atoms with Gasteiger partial charge in [0.1, 0.15) is 5.69 Å². The Morgan fingerprint density at radius 1 is 1.27 bits per heavy atom. The normalized spacial score (nSPS) is 21.2. The molecule has 5 nitrogen and oxygen atoms in total. The van der Waals surface area contributed by atoms with Gasteiger partial charge in [-0.2, -0.15) is 0 Å². The van der Waals surface area contributed by atoms with Crippen LogP contribution in [0.2, 0.25) is 0 Å². The second-order valence-corrected chi connectivity index (χ2v) is 6.17. The molecule has 1 aromatic carbocycles. The highest BCUT2D eigenvalue weighted by Gasteiger charge is 2.30. The first-order chi connectivity index (χ1) is 10.5. The zero-order chi connectivity index (χ0) is 15.9. The second-order valence-electron chi connectivity index (χ2n) is 6.17. The fourth-order valence-electron chi connectivity index (χ4n) is 3.18.